The van der Waals surface area contributed by atoms with E-state index >= 15 is 0 Å². The fourth-order valence-corrected chi connectivity index (χ4v) is 4.29. The van der Waals surface area contributed by atoms with Gasteiger partial charge in [-0.15, -0.1) is 0 Å². The highest BCUT2D eigenvalue weighted by Crippen LogP contribution is 2.33. The molecular weight excluding hydrogens is 301 g/mol. The van der Waals surface area contributed by atoms with Crippen LogP contribution < -0.4 is 4.72 Å². The van der Waals surface area contributed by atoms with E-state index in [4.69, 9.17) is 5.11 Å². The second-order valence-electron chi connectivity index (χ2n) is 4.91. The molecule has 1 aliphatic rings. The van der Waals surface area contributed by atoms with Crippen molar-refractivity contribution in [1.82, 2.24) is 0 Å². The summed E-state index contributed by atoms with van der Waals surface area (Å²) in [6, 6.07) is 3.19. The third-order valence-electron chi connectivity index (χ3n) is 3.56. The van der Waals surface area contributed by atoms with Crippen molar-refractivity contribution in [3.8, 4) is 5.75 Å². The van der Waals surface area contributed by atoms with Crippen molar-refractivity contribution < 1.29 is 27.4 Å². The number of phenolic OH excluding ortho intramolecular Hbond substituents is 1. The Morgan fingerprint density at radius 2 is 2.14 bits per heavy atom. The topological polar surface area (TPSA) is 92.7 Å². The van der Waals surface area contributed by atoms with Crippen LogP contribution in [0.25, 0.3) is 0 Å². The Balaban J connectivity index is 2.21. The zero-order valence-electron chi connectivity index (χ0n) is 11.4. The Hall–Kier alpha value is -1.83. The van der Waals surface area contributed by atoms with Gasteiger partial charge in [0.1, 0.15) is 0 Å². The van der Waals surface area contributed by atoms with Crippen LogP contribution in [0.1, 0.15) is 19.3 Å². The molecule has 1 saturated carbocycles. The number of anilines is 1. The molecule has 2 N–H and O–H groups in total. The summed E-state index contributed by atoms with van der Waals surface area (Å²) in [5.41, 5.74) is 0.000755. The lowest BCUT2D eigenvalue weighted by Gasteiger charge is -2.19. The third kappa shape index (κ3) is 3.26. The molecule has 0 aromatic heterocycles. The van der Waals surface area contributed by atoms with Gasteiger partial charge < -0.3 is 9.84 Å². The first-order valence-corrected chi connectivity index (χ1v) is 7.98. The van der Waals surface area contributed by atoms with Gasteiger partial charge in [0.05, 0.1) is 24.0 Å². The minimum atomic E-state index is -3.85. The Morgan fingerprint density at radius 3 is 2.76 bits per heavy atom. The van der Waals surface area contributed by atoms with Crippen molar-refractivity contribution in [2.75, 3.05) is 11.8 Å². The van der Waals surface area contributed by atoms with Crippen LogP contribution >= 0.6 is 0 Å². The smallest absolute Gasteiger partial charge is 0.310 e. The van der Waals surface area contributed by atoms with Crippen LogP contribution in [-0.2, 0) is 19.6 Å². The van der Waals surface area contributed by atoms with Crippen molar-refractivity contribution in [2.24, 2.45) is 5.92 Å². The minimum Gasteiger partial charge on any atom is -0.505 e. The quantitative estimate of drug-likeness (QED) is 0.650. The Bertz CT molecular complexity index is 646. The number of halogens is 1. The van der Waals surface area contributed by atoms with E-state index in [1.807, 2.05) is 0 Å². The van der Waals surface area contributed by atoms with Gasteiger partial charge in [0.15, 0.2) is 11.6 Å². The molecule has 0 heterocycles. The molecule has 0 spiro atoms. The molecule has 8 heteroatoms. The second-order valence-corrected chi connectivity index (χ2v) is 6.81. The summed E-state index contributed by atoms with van der Waals surface area (Å²) in [6.45, 7) is 0. The number of nitrogens with one attached hydrogen (secondary N) is 1. The van der Waals surface area contributed by atoms with Crippen molar-refractivity contribution in [2.45, 2.75) is 24.5 Å². The zero-order valence-corrected chi connectivity index (χ0v) is 12.2. The maximum absolute atomic E-state index is 13.2. The lowest BCUT2D eigenvalue weighted by molar-refractivity contribution is -0.145. The molecule has 116 valence electrons. The Morgan fingerprint density at radius 1 is 1.43 bits per heavy atom. The summed E-state index contributed by atoms with van der Waals surface area (Å²) in [5, 5.41) is 8.19. The molecule has 1 aliphatic carbocycles. The summed E-state index contributed by atoms with van der Waals surface area (Å²) < 4.78 is 44.8. The summed E-state index contributed by atoms with van der Waals surface area (Å²) >= 11 is 0. The van der Waals surface area contributed by atoms with E-state index in [1.165, 1.54) is 13.2 Å². The number of hydrogen-bond acceptors (Lipinski definition) is 5. The van der Waals surface area contributed by atoms with E-state index in [0.29, 0.717) is 19.3 Å². The van der Waals surface area contributed by atoms with Crippen LogP contribution in [-0.4, -0.2) is 31.9 Å². The minimum absolute atomic E-state index is 0.000755. The molecule has 2 atom stereocenters. The number of ether oxygens (including phenoxy) is 1. The van der Waals surface area contributed by atoms with E-state index in [9.17, 15) is 17.6 Å². The number of methoxy groups -OCH3 is 1. The first-order chi connectivity index (χ1) is 9.85. The highest BCUT2D eigenvalue weighted by atomic mass is 32.2. The fourth-order valence-electron chi connectivity index (χ4n) is 2.53. The van der Waals surface area contributed by atoms with E-state index in [2.05, 4.69) is 9.46 Å². The average Bonchev–Trinajstić information content (AvgIpc) is 2.92. The molecule has 0 radical (unpaired) electrons. The molecule has 0 bridgehead atoms. The number of aromatic hydroxyl groups is 1. The molecule has 21 heavy (non-hydrogen) atoms. The maximum Gasteiger partial charge on any atom is 0.310 e. The summed E-state index contributed by atoms with van der Waals surface area (Å²) in [4.78, 5) is 11.6. The molecular formula is C13H16FNO5S. The Kier molecular flexibility index (Phi) is 4.36. The summed E-state index contributed by atoms with van der Waals surface area (Å²) in [5.74, 6) is -2.76. The normalized spacial score (nSPS) is 22.0. The summed E-state index contributed by atoms with van der Waals surface area (Å²) in [7, 11) is -2.63. The predicted octanol–water partition coefficient (Wildman–Crippen LogP) is 1.61. The second kappa shape index (κ2) is 5.88. The van der Waals surface area contributed by atoms with Gasteiger partial charge in [-0.3, -0.25) is 9.52 Å². The van der Waals surface area contributed by atoms with Crippen molar-refractivity contribution >= 4 is 21.7 Å². The molecule has 1 aromatic carbocycles. The summed E-state index contributed by atoms with van der Waals surface area (Å²) in [6.07, 6.45) is 1.40. The van der Waals surface area contributed by atoms with Gasteiger partial charge in [-0.1, -0.05) is 6.42 Å². The number of esters is 1. The van der Waals surface area contributed by atoms with E-state index in [1.54, 1.807) is 0 Å². The van der Waals surface area contributed by atoms with Crippen LogP contribution in [0.2, 0.25) is 0 Å². The Labute approximate surface area is 122 Å². The van der Waals surface area contributed by atoms with Crippen LogP contribution in [0.3, 0.4) is 0 Å². The molecule has 0 saturated heterocycles. The van der Waals surface area contributed by atoms with Crippen LogP contribution in [0, 0.1) is 11.7 Å². The predicted molar refractivity (Wildman–Crippen MR) is 73.8 cm³/mol. The van der Waals surface area contributed by atoms with Gasteiger partial charge in [0.25, 0.3) is 0 Å². The maximum atomic E-state index is 13.2. The van der Waals surface area contributed by atoms with Crippen molar-refractivity contribution in [1.29, 1.82) is 0 Å². The number of benzene rings is 1. The van der Waals surface area contributed by atoms with E-state index < -0.39 is 38.7 Å². The van der Waals surface area contributed by atoms with Gasteiger partial charge in [-0.2, -0.15) is 0 Å². The highest BCUT2D eigenvalue weighted by Gasteiger charge is 2.42. The SMILES string of the molecule is COC(=O)C1CCCC1S(=O)(=O)Nc1ccc(O)c(F)c1. The molecule has 2 rings (SSSR count). The third-order valence-corrected chi connectivity index (χ3v) is 5.44. The van der Waals surface area contributed by atoms with Gasteiger partial charge in [-0.05, 0) is 25.0 Å². The van der Waals surface area contributed by atoms with Gasteiger partial charge >= 0.3 is 5.97 Å². The van der Waals surface area contributed by atoms with Crippen molar-refractivity contribution in [3.05, 3.63) is 24.0 Å². The van der Waals surface area contributed by atoms with Gasteiger partial charge in [0.2, 0.25) is 10.0 Å². The molecule has 6 nitrogen and oxygen atoms in total. The fraction of sp³-hybridized carbons (Fsp3) is 0.462. The zero-order chi connectivity index (χ0) is 15.6. The highest BCUT2D eigenvalue weighted by molar-refractivity contribution is 7.93. The molecule has 0 amide bonds. The number of carbonyl (C=O) groups is 1. The number of phenols is 1. The van der Waals surface area contributed by atoms with Gasteiger partial charge in [-0.25, -0.2) is 12.8 Å². The average molecular weight is 317 g/mol. The lowest BCUT2D eigenvalue weighted by Crippen LogP contribution is -2.35. The monoisotopic (exact) mass is 317 g/mol. The van der Waals surface area contributed by atoms with Gasteiger partial charge in [0, 0.05) is 6.07 Å². The van der Waals surface area contributed by atoms with E-state index in [-0.39, 0.29) is 5.69 Å². The van der Waals surface area contributed by atoms with Crippen LogP contribution in [0.4, 0.5) is 10.1 Å². The number of sulfonamides is 1. The van der Waals surface area contributed by atoms with E-state index in [0.717, 1.165) is 12.1 Å². The molecule has 1 fully saturated rings. The van der Waals surface area contributed by atoms with Crippen LogP contribution in [0.15, 0.2) is 18.2 Å². The van der Waals surface area contributed by atoms with Crippen LogP contribution in [0.5, 0.6) is 5.75 Å². The lowest BCUT2D eigenvalue weighted by atomic mass is 10.1. The molecule has 2 unspecified atom stereocenters. The van der Waals surface area contributed by atoms with Crippen molar-refractivity contribution in [3.63, 3.8) is 0 Å². The standard InChI is InChI=1S/C13H16FNO5S/c1-20-13(17)9-3-2-4-12(9)21(18,19)15-8-5-6-11(16)10(14)7-8/h5-7,9,12,15-16H,2-4H2,1H3. The number of rotatable bonds is 4. The number of hydrogen-bond donors (Lipinski definition) is 2. The number of carbonyl (C=O) groups excluding carboxylic acids is 1. The first kappa shape index (κ1) is 15.6. The first-order valence-electron chi connectivity index (χ1n) is 6.43. The molecule has 1 aromatic rings. The largest absolute Gasteiger partial charge is 0.505 e. The molecule has 0 aliphatic heterocycles.